The van der Waals surface area contributed by atoms with E-state index in [-0.39, 0.29) is 12.0 Å². The Hall–Kier alpha value is -0.570. The highest BCUT2D eigenvalue weighted by atomic mass is 16.4. The minimum absolute atomic E-state index is 0.283. The van der Waals surface area contributed by atoms with E-state index in [0.717, 1.165) is 25.0 Å². The Labute approximate surface area is 73.1 Å². The van der Waals surface area contributed by atoms with Gasteiger partial charge in [0.2, 0.25) is 0 Å². The van der Waals surface area contributed by atoms with Crippen molar-refractivity contribution in [3.05, 3.63) is 0 Å². The maximum atomic E-state index is 9.43. The standard InChI is InChI=1S/C9H17NO2/c1-6(10-12)8-4-3-5-9(8)7(2)11/h7-9,11-12H,3-5H2,1-2H3/b10-6+/t7-,8+,9+/m1/s1. The van der Waals surface area contributed by atoms with Crippen molar-refractivity contribution in [1.29, 1.82) is 0 Å². The van der Waals surface area contributed by atoms with Gasteiger partial charge in [0.25, 0.3) is 0 Å². The van der Waals surface area contributed by atoms with Crippen LogP contribution in [0.1, 0.15) is 33.1 Å². The van der Waals surface area contributed by atoms with Crippen molar-refractivity contribution in [2.75, 3.05) is 0 Å². The molecule has 0 bridgehead atoms. The Bertz CT molecular complexity index is 177. The van der Waals surface area contributed by atoms with Crippen LogP contribution in [0.25, 0.3) is 0 Å². The number of nitrogens with zero attached hydrogens (tertiary/aromatic N) is 1. The van der Waals surface area contributed by atoms with Crippen LogP contribution in [0.3, 0.4) is 0 Å². The fourth-order valence-electron chi connectivity index (χ4n) is 2.16. The minimum atomic E-state index is -0.283. The van der Waals surface area contributed by atoms with E-state index in [0.29, 0.717) is 5.92 Å². The summed E-state index contributed by atoms with van der Waals surface area (Å²) in [6.07, 6.45) is 2.95. The normalized spacial score (nSPS) is 33.8. The van der Waals surface area contributed by atoms with Gasteiger partial charge in [-0.05, 0) is 32.6 Å². The Morgan fingerprint density at radius 1 is 1.50 bits per heavy atom. The number of hydrogen-bond donors (Lipinski definition) is 2. The molecule has 0 saturated heterocycles. The van der Waals surface area contributed by atoms with E-state index in [9.17, 15) is 5.11 Å². The summed E-state index contributed by atoms with van der Waals surface area (Å²) in [5, 5.41) is 21.2. The van der Waals surface area contributed by atoms with Gasteiger partial charge in [-0.1, -0.05) is 11.6 Å². The average molecular weight is 171 g/mol. The van der Waals surface area contributed by atoms with E-state index in [1.165, 1.54) is 0 Å². The summed E-state index contributed by atoms with van der Waals surface area (Å²) in [5.41, 5.74) is 0.762. The first-order valence-electron chi connectivity index (χ1n) is 4.53. The molecular formula is C9H17NO2. The Kier molecular flexibility index (Phi) is 3.09. The first-order valence-corrected chi connectivity index (χ1v) is 4.53. The summed E-state index contributed by atoms with van der Waals surface area (Å²) in [6.45, 7) is 3.64. The molecule has 0 amide bonds. The maximum Gasteiger partial charge on any atom is 0.0574 e. The number of aliphatic hydroxyl groups excluding tert-OH is 1. The molecule has 2 N–H and O–H groups in total. The van der Waals surface area contributed by atoms with Crippen molar-refractivity contribution in [3.8, 4) is 0 Å². The van der Waals surface area contributed by atoms with Crippen LogP contribution in [-0.4, -0.2) is 22.1 Å². The van der Waals surface area contributed by atoms with Crippen LogP contribution >= 0.6 is 0 Å². The van der Waals surface area contributed by atoms with E-state index in [1.807, 2.05) is 13.8 Å². The predicted molar refractivity (Wildman–Crippen MR) is 47.4 cm³/mol. The van der Waals surface area contributed by atoms with Gasteiger partial charge in [0.1, 0.15) is 0 Å². The molecule has 0 spiro atoms. The smallest absolute Gasteiger partial charge is 0.0574 e. The average Bonchev–Trinajstić information content (AvgIpc) is 2.50. The van der Waals surface area contributed by atoms with Gasteiger partial charge in [0, 0.05) is 5.92 Å². The molecule has 0 radical (unpaired) electrons. The summed E-state index contributed by atoms with van der Waals surface area (Å²) in [6, 6.07) is 0. The second-order valence-electron chi connectivity index (χ2n) is 3.68. The second-order valence-corrected chi connectivity index (χ2v) is 3.68. The number of rotatable bonds is 2. The van der Waals surface area contributed by atoms with Gasteiger partial charge in [0.15, 0.2) is 0 Å². The summed E-state index contributed by atoms with van der Waals surface area (Å²) in [5.74, 6) is 0.580. The lowest BCUT2D eigenvalue weighted by molar-refractivity contribution is 0.116. The Balaban J connectivity index is 2.64. The third kappa shape index (κ3) is 1.78. The van der Waals surface area contributed by atoms with Crippen LogP contribution in [0.5, 0.6) is 0 Å². The van der Waals surface area contributed by atoms with Gasteiger partial charge < -0.3 is 10.3 Å². The first kappa shape index (κ1) is 9.52. The molecule has 1 rings (SSSR count). The Morgan fingerprint density at radius 3 is 2.67 bits per heavy atom. The highest BCUT2D eigenvalue weighted by Gasteiger charge is 2.32. The van der Waals surface area contributed by atoms with Gasteiger partial charge in [-0.3, -0.25) is 0 Å². The summed E-state index contributed by atoms with van der Waals surface area (Å²) < 4.78 is 0. The van der Waals surface area contributed by atoms with Crippen molar-refractivity contribution >= 4 is 5.71 Å². The molecule has 0 heterocycles. The summed E-state index contributed by atoms with van der Waals surface area (Å²) in [4.78, 5) is 0. The highest BCUT2D eigenvalue weighted by molar-refractivity contribution is 5.84. The van der Waals surface area contributed by atoms with Crippen LogP contribution in [0.2, 0.25) is 0 Å². The van der Waals surface area contributed by atoms with E-state index >= 15 is 0 Å². The van der Waals surface area contributed by atoms with Crippen LogP contribution in [0, 0.1) is 11.8 Å². The van der Waals surface area contributed by atoms with Gasteiger partial charge in [-0.25, -0.2) is 0 Å². The molecule has 3 heteroatoms. The molecule has 1 aliphatic carbocycles. The molecule has 0 aromatic rings. The quantitative estimate of drug-likeness (QED) is 0.377. The lowest BCUT2D eigenvalue weighted by Crippen LogP contribution is -2.25. The number of aliphatic hydroxyl groups is 1. The zero-order valence-electron chi connectivity index (χ0n) is 7.70. The Morgan fingerprint density at radius 2 is 2.17 bits per heavy atom. The molecular weight excluding hydrogens is 154 g/mol. The van der Waals surface area contributed by atoms with E-state index < -0.39 is 0 Å². The van der Waals surface area contributed by atoms with Crippen LogP contribution in [-0.2, 0) is 0 Å². The molecule has 3 nitrogen and oxygen atoms in total. The molecule has 12 heavy (non-hydrogen) atoms. The van der Waals surface area contributed by atoms with Crippen LogP contribution < -0.4 is 0 Å². The topological polar surface area (TPSA) is 52.8 Å². The fraction of sp³-hybridized carbons (Fsp3) is 0.889. The van der Waals surface area contributed by atoms with Gasteiger partial charge in [-0.2, -0.15) is 0 Å². The summed E-state index contributed by atoms with van der Waals surface area (Å²) in [7, 11) is 0. The van der Waals surface area contributed by atoms with Crippen LogP contribution in [0.15, 0.2) is 5.16 Å². The van der Waals surface area contributed by atoms with Crippen molar-refractivity contribution in [3.63, 3.8) is 0 Å². The van der Waals surface area contributed by atoms with E-state index in [4.69, 9.17) is 5.21 Å². The predicted octanol–water partition coefficient (Wildman–Crippen LogP) is 1.63. The van der Waals surface area contributed by atoms with Gasteiger partial charge in [0.05, 0.1) is 11.8 Å². The largest absolute Gasteiger partial charge is 0.411 e. The van der Waals surface area contributed by atoms with Gasteiger partial charge >= 0.3 is 0 Å². The minimum Gasteiger partial charge on any atom is -0.411 e. The van der Waals surface area contributed by atoms with E-state index in [2.05, 4.69) is 5.16 Å². The third-order valence-electron chi connectivity index (χ3n) is 2.88. The lowest BCUT2D eigenvalue weighted by atomic mass is 9.88. The van der Waals surface area contributed by atoms with Crippen molar-refractivity contribution in [2.45, 2.75) is 39.2 Å². The third-order valence-corrected chi connectivity index (χ3v) is 2.88. The molecule has 1 fully saturated rings. The molecule has 1 saturated carbocycles. The molecule has 0 unspecified atom stereocenters. The van der Waals surface area contributed by atoms with Crippen LogP contribution in [0.4, 0.5) is 0 Å². The number of oxime groups is 1. The van der Waals surface area contributed by atoms with Gasteiger partial charge in [-0.15, -0.1) is 0 Å². The van der Waals surface area contributed by atoms with Crippen molar-refractivity contribution in [2.24, 2.45) is 17.0 Å². The lowest BCUT2D eigenvalue weighted by Gasteiger charge is -2.20. The van der Waals surface area contributed by atoms with Crippen molar-refractivity contribution in [1.82, 2.24) is 0 Å². The van der Waals surface area contributed by atoms with E-state index in [1.54, 1.807) is 0 Å². The fourth-order valence-corrected chi connectivity index (χ4v) is 2.16. The monoisotopic (exact) mass is 171 g/mol. The molecule has 1 aliphatic rings. The highest BCUT2D eigenvalue weighted by Crippen LogP contribution is 2.34. The maximum absolute atomic E-state index is 9.43. The molecule has 3 atom stereocenters. The molecule has 0 aromatic carbocycles. The summed E-state index contributed by atoms with van der Waals surface area (Å²) >= 11 is 0. The number of hydrogen-bond acceptors (Lipinski definition) is 3. The zero-order valence-corrected chi connectivity index (χ0v) is 7.70. The van der Waals surface area contributed by atoms with Crippen molar-refractivity contribution < 1.29 is 10.3 Å². The first-order chi connectivity index (χ1) is 5.66. The SMILES string of the molecule is C/C(=N\O)[C@@H]1CCC[C@H]1[C@@H](C)O. The zero-order chi connectivity index (χ0) is 9.14. The molecule has 0 aliphatic heterocycles. The second kappa shape index (κ2) is 3.90. The molecule has 70 valence electrons. The molecule has 0 aromatic heterocycles.